The van der Waals surface area contributed by atoms with Gasteiger partial charge in [0, 0.05) is 18.7 Å². The molecule has 1 heterocycles. The zero-order valence-electron chi connectivity index (χ0n) is 17.5. The zero-order valence-corrected chi connectivity index (χ0v) is 17.5. The van der Waals surface area contributed by atoms with Crippen molar-refractivity contribution in [2.75, 3.05) is 11.9 Å². The Labute approximate surface area is 174 Å². The van der Waals surface area contributed by atoms with Crippen molar-refractivity contribution in [3.8, 4) is 16.9 Å². The number of carbonyl (C=O) groups is 1. The summed E-state index contributed by atoms with van der Waals surface area (Å²) in [6, 6.07) is 5.23. The molecule has 5 nitrogen and oxygen atoms in total. The number of aliphatic hydroxyl groups excluding tert-OH is 1. The van der Waals surface area contributed by atoms with Crippen LogP contribution in [0.25, 0.3) is 11.1 Å². The summed E-state index contributed by atoms with van der Waals surface area (Å²) in [4.78, 5) is 15.3. The summed E-state index contributed by atoms with van der Waals surface area (Å²) in [5, 5.41) is 12.1. The first-order valence-electron chi connectivity index (χ1n) is 9.73. The maximum absolute atomic E-state index is 13.7. The first-order valence-corrected chi connectivity index (χ1v) is 9.73. The maximum atomic E-state index is 13.7. The molecule has 1 amide bonds. The summed E-state index contributed by atoms with van der Waals surface area (Å²) in [6.07, 6.45) is -2.44. The standard InChI is InChI=1S/C22H27F3N2O3/c1-13(2)7-14(3)12-30-20-6-5-16(8-19(20)22(23,24)25)18-9-21(27-15(4)29)26-10-17(18)11-28/h5-6,8-10,13-14,28H,7,11-12H2,1-4H3,(H,26,27,29). The Morgan fingerprint density at radius 2 is 1.93 bits per heavy atom. The smallest absolute Gasteiger partial charge is 0.419 e. The van der Waals surface area contributed by atoms with Crippen molar-refractivity contribution in [2.45, 2.75) is 46.9 Å². The highest BCUT2D eigenvalue weighted by atomic mass is 19.4. The Hall–Kier alpha value is -2.61. The second-order valence-electron chi connectivity index (χ2n) is 7.82. The highest BCUT2D eigenvalue weighted by Crippen LogP contribution is 2.40. The predicted molar refractivity (Wildman–Crippen MR) is 109 cm³/mol. The van der Waals surface area contributed by atoms with Crippen LogP contribution in [0, 0.1) is 11.8 Å². The van der Waals surface area contributed by atoms with Crippen LogP contribution in [-0.4, -0.2) is 22.6 Å². The number of hydrogen-bond acceptors (Lipinski definition) is 4. The largest absolute Gasteiger partial charge is 0.493 e. The molecule has 0 aliphatic heterocycles. The van der Waals surface area contributed by atoms with Gasteiger partial charge in [0.15, 0.2) is 0 Å². The summed E-state index contributed by atoms with van der Waals surface area (Å²) in [5.74, 6) is 0.136. The molecule has 0 fully saturated rings. The van der Waals surface area contributed by atoms with Crippen molar-refractivity contribution >= 4 is 11.7 Å². The van der Waals surface area contributed by atoms with Gasteiger partial charge in [0.25, 0.3) is 0 Å². The number of nitrogens with one attached hydrogen (secondary N) is 1. The zero-order chi connectivity index (χ0) is 22.5. The third-order valence-corrected chi connectivity index (χ3v) is 4.45. The van der Waals surface area contributed by atoms with E-state index in [0.29, 0.717) is 17.0 Å². The van der Waals surface area contributed by atoms with Crippen LogP contribution in [0.5, 0.6) is 5.75 Å². The van der Waals surface area contributed by atoms with Gasteiger partial charge in [0.1, 0.15) is 11.6 Å². The van der Waals surface area contributed by atoms with Crippen LogP contribution in [0.4, 0.5) is 19.0 Å². The van der Waals surface area contributed by atoms with Gasteiger partial charge < -0.3 is 15.2 Å². The van der Waals surface area contributed by atoms with E-state index < -0.39 is 18.3 Å². The van der Waals surface area contributed by atoms with Crippen LogP contribution in [0.3, 0.4) is 0 Å². The van der Waals surface area contributed by atoms with Crippen LogP contribution < -0.4 is 10.1 Å². The van der Waals surface area contributed by atoms with Gasteiger partial charge in [0.05, 0.1) is 18.8 Å². The molecule has 2 N–H and O–H groups in total. The number of nitrogens with zero attached hydrogens (tertiary/aromatic N) is 1. The third kappa shape index (κ3) is 6.45. The number of pyridine rings is 1. The van der Waals surface area contributed by atoms with E-state index in [1.54, 1.807) is 0 Å². The summed E-state index contributed by atoms with van der Waals surface area (Å²) >= 11 is 0. The fourth-order valence-electron chi connectivity index (χ4n) is 3.28. The van der Waals surface area contributed by atoms with Crippen LogP contribution in [0.2, 0.25) is 0 Å². The van der Waals surface area contributed by atoms with Gasteiger partial charge in [-0.2, -0.15) is 13.2 Å². The number of aromatic nitrogens is 1. The fourth-order valence-corrected chi connectivity index (χ4v) is 3.28. The molecule has 0 aliphatic carbocycles. The molecular weight excluding hydrogens is 397 g/mol. The first-order chi connectivity index (χ1) is 14.0. The summed E-state index contributed by atoms with van der Waals surface area (Å²) in [6.45, 7) is 7.12. The fraction of sp³-hybridized carbons (Fsp3) is 0.455. The molecular formula is C22H27F3N2O3. The minimum absolute atomic E-state index is 0.118. The molecule has 164 valence electrons. The lowest BCUT2D eigenvalue weighted by atomic mass is 9.98. The molecule has 1 aromatic heterocycles. The van der Waals surface area contributed by atoms with Crippen molar-refractivity contribution in [1.29, 1.82) is 0 Å². The minimum Gasteiger partial charge on any atom is -0.493 e. The average molecular weight is 424 g/mol. The lowest BCUT2D eigenvalue weighted by molar-refractivity contribution is -0.139. The van der Waals surface area contributed by atoms with Crippen LogP contribution in [0.15, 0.2) is 30.5 Å². The topological polar surface area (TPSA) is 71.5 Å². The number of ether oxygens (including phenoxy) is 1. The number of carbonyl (C=O) groups excluding carboxylic acids is 1. The monoisotopic (exact) mass is 424 g/mol. The second kappa shape index (κ2) is 9.93. The van der Waals surface area contributed by atoms with Crippen molar-refractivity contribution < 1.29 is 27.8 Å². The van der Waals surface area contributed by atoms with Crippen molar-refractivity contribution in [1.82, 2.24) is 4.98 Å². The molecule has 0 saturated heterocycles. The Bertz CT molecular complexity index is 882. The Balaban J connectivity index is 2.42. The Kier molecular flexibility index (Phi) is 7.83. The molecule has 0 radical (unpaired) electrons. The van der Waals surface area contributed by atoms with Gasteiger partial charge >= 0.3 is 6.18 Å². The van der Waals surface area contributed by atoms with Gasteiger partial charge in [-0.15, -0.1) is 0 Å². The highest BCUT2D eigenvalue weighted by molar-refractivity contribution is 5.88. The number of rotatable bonds is 8. The molecule has 8 heteroatoms. The predicted octanol–water partition coefficient (Wildman–Crippen LogP) is 5.28. The molecule has 0 aliphatic rings. The van der Waals surface area contributed by atoms with E-state index in [-0.39, 0.29) is 35.6 Å². The van der Waals surface area contributed by atoms with E-state index >= 15 is 0 Å². The molecule has 0 spiro atoms. The lowest BCUT2D eigenvalue weighted by Crippen LogP contribution is -2.14. The molecule has 1 atom stereocenters. The van der Waals surface area contributed by atoms with E-state index in [2.05, 4.69) is 24.1 Å². The number of anilines is 1. The molecule has 0 bridgehead atoms. The minimum atomic E-state index is -4.61. The number of alkyl halides is 3. The van der Waals surface area contributed by atoms with E-state index in [1.807, 2.05) is 6.92 Å². The van der Waals surface area contributed by atoms with E-state index in [1.165, 1.54) is 31.3 Å². The van der Waals surface area contributed by atoms with Crippen LogP contribution >= 0.6 is 0 Å². The number of aliphatic hydroxyl groups is 1. The van der Waals surface area contributed by atoms with Gasteiger partial charge in [-0.3, -0.25) is 4.79 Å². The SMILES string of the molecule is CC(=O)Nc1cc(-c2ccc(OCC(C)CC(C)C)c(C(F)(F)F)c2)c(CO)cn1. The van der Waals surface area contributed by atoms with Crippen LogP contribution in [-0.2, 0) is 17.6 Å². The van der Waals surface area contributed by atoms with Crippen molar-refractivity contribution in [2.24, 2.45) is 11.8 Å². The van der Waals surface area contributed by atoms with Gasteiger partial charge in [0.2, 0.25) is 5.91 Å². The maximum Gasteiger partial charge on any atom is 0.419 e. The van der Waals surface area contributed by atoms with E-state index in [9.17, 15) is 23.1 Å². The number of benzene rings is 1. The molecule has 0 saturated carbocycles. The number of hydrogen-bond donors (Lipinski definition) is 2. The highest BCUT2D eigenvalue weighted by Gasteiger charge is 2.35. The van der Waals surface area contributed by atoms with E-state index in [0.717, 1.165) is 12.5 Å². The molecule has 2 rings (SSSR count). The number of amides is 1. The van der Waals surface area contributed by atoms with Crippen molar-refractivity contribution in [3.05, 3.63) is 41.6 Å². The molecule has 1 unspecified atom stereocenters. The lowest BCUT2D eigenvalue weighted by Gasteiger charge is -2.19. The normalized spacial score (nSPS) is 12.7. The Morgan fingerprint density at radius 1 is 1.23 bits per heavy atom. The van der Waals surface area contributed by atoms with Gasteiger partial charge in [-0.25, -0.2) is 4.98 Å². The molecule has 30 heavy (non-hydrogen) atoms. The quantitative estimate of drug-likeness (QED) is 0.605. The van der Waals surface area contributed by atoms with Crippen molar-refractivity contribution in [3.63, 3.8) is 0 Å². The summed E-state index contributed by atoms with van der Waals surface area (Å²) < 4.78 is 46.7. The third-order valence-electron chi connectivity index (χ3n) is 4.45. The first kappa shape index (κ1) is 23.7. The van der Waals surface area contributed by atoms with Gasteiger partial charge in [-0.1, -0.05) is 26.8 Å². The molecule has 2 aromatic rings. The molecule has 1 aromatic carbocycles. The van der Waals surface area contributed by atoms with E-state index in [4.69, 9.17) is 4.74 Å². The Morgan fingerprint density at radius 3 is 2.50 bits per heavy atom. The second-order valence-corrected chi connectivity index (χ2v) is 7.82. The number of halogens is 3. The average Bonchev–Trinajstić information content (AvgIpc) is 2.64. The summed E-state index contributed by atoms with van der Waals surface area (Å²) in [7, 11) is 0. The van der Waals surface area contributed by atoms with Gasteiger partial charge in [-0.05, 0) is 47.6 Å². The summed E-state index contributed by atoms with van der Waals surface area (Å²) in [5.41, 5.74) is 0.0411. The van der Waals surface area contributed by atoms with Crippen LogP contribution in [0.1, 0.15) is 45.2 Å².